The molecule has 0 aromatic heterocycles. The summed E-state index contributed by atoms with van der Waals surface area (Å²) >= 11 is 0. The van der Waals surface area contributed by atoms with E-state index < -0.39 is 10.0 Å². The van der Waals surface area contributed by atoms with Gasteiger partial charge in [-0.05, 0) is 66.9 Å². The van der Waals surface area contributed by atoms with Crippen LogP contribution in [-0.4, -0.2) is 35.1 Å². The number of benzene rings is 3. The van der Waals surface area contributed by atoms with Crippen LogP contribution in [0.2, 0.25) is 0 Å². The van der Waals surface area contributed by atoms with Crippen molar-refractivity contribution in [3.05, 3.63) is 77.9 Å². The van der Waals surface area contributed by atoms with E-state index in [0.29, 0.717) is 29.3 Å². The van der Waals surface area contributed by atoms with Crippen molar-refractivity contribution in [2.45, 2.75) is 17.7 Å². The first-order valence-corrected chi connectivity index (χ1v) is 11.6. The molecule has 3 aromatic rings. The van der Waals surface area contributed by atoms with Gasteiger partial charge in [0.2, 0.25) is 0 Å². The summed E-state index contributed by atoms with van der Waals surface area (Å²) in [4.78, 5) is 12.8. The molecule has 1 heterocycles. The van der Waals surface area contributed by atoms with Gasteiger partial charge in [0.25, 0.3) is 15.9 Å². The molecule has 0 saturated carbocycles. The molecule has 0 spiro atoms. The molecule has 0 bridgehead atoms. The van der Waals surface area contributed by atoms with Gasteiger partial charge in [0.15, 0.2) is 11.5 Å². The highest BCUT2D eigenvalue weighted by atomic mass is 32.2. The zero-order valence-corrected chi connectivity index (χ0v) is 18.7. The first kappa shape index (κ1) is 21.7. The number of hydrogen-bond acceptors (Lipinski definition) is 5. The average molecular weight is 453 g/mol. The van der Waals surface area contributed by atoms with E-state index in [4.69, 9.17) is 9.47 Å². The maximum Gasteiger partial charge on any atom is 0.264 e. The van der Waals surface area contributed by atoms with Crippen LogP contribution < -0.4 is 19.1 Å². The predicted octanol–water partition coefficient (Wildman–Crippen LogP) is 4.10. The van der Waals surface area contributed by atoms with Crippen molar-refractivity contribution in [1.82, 2.24) is 0 Å². The van der Waals surface area contributed by atoms with Gasteiger partial charge < -0.3 is 14.8 Å². The number of rotatable bonds is 6. The van der Waals surface area contributed by atoms with Crippen molar-refractivity contribution in [2.24, 2.45) is 0 Å². The van der Waals surface area contributed by atoms with Crippen LogP contribution in [0.5, 0.6) is 11.5 Å². The highest BCUT2D eigenvalue weighted by Crippen LogP contribution is 2.32. The van der Waals surface area contributed by atoms with E-state index in [1.807, 2.05) is 24.3 Å². The topological polar surface area (TPSA) is 84.9 Å². The summed E-state index contributed by atoms with van der Waals surface area (Å²) in [5.41, 5.74) is 2.64. The van der Waals surface area contributed by atoms with E-state index in [1.165, 1.54) is 30.7 Å². The number of aryl methyl sites for hydroxylation is 1. The minimum absolute atomic E-state index is 0.179. The van der Waals surface area contributed by atoms with Gasteiger partial charge in [-0.2, -0.15) is 0 Å². The highest BCUT2D eigenvalue weighted by Gasteiger charge is 2.28. The zero-order valence-electron chi connectivity index (χ0n) is 17.9. The Morgan fingerprint density at radius 2 is 1.66 bits per heavy atom. The maximum absolute atomic E-state index is 13.2. The third-order valence-corrected chi connectivity index (χ3v) is 7.24. The van der Waals surface area contributed by atoms with E-state index in [1.54, 1.807) is 30.3 Å². The fourth-order valence-corrected chi connectivity index (χ4v) is 5.31. The Hall–Kier alpha value is -3.52. The van der Waals surface area contributed by atoms with Crippen LogP contribution >= 0.6 is 0 Å². The number of nitrogens with zero attached hydrogens (tertiary/aromatic N) is 1. The van der Waals surface area contributed by atoms with Crippen molar-refractivity contribution in [3.8, 4) is 11.5 Å². The summed E-state index contributed by atoms with van der Waals surface area (Å²) < 4.78 is 38.4. The Labute approximate surface area is 187 Å². The smallest absolute Gasteiger partial charge is 0.264 e. The molecule has 1 aliphatic rings. The molecule has 7 nitrogen and oxygen atoms in total. The lowest BCUT2D eigenvalue weighted by Gasteiger charge is -2.30. The third-order valence-electron chi connectivity index (χ3n) is 5.41. The van der Waals surface area contributed by atoms with Crippen molar-refractivity contribution in [2.75, 3.05) is 30.4 Å². The van der Waals surface area contributed by atoms with Crippen LogP contribution in [0, 0.1) is 0 Å². The number of nitrogens with one attached hydrogen (secondary N) is 1. The quantitative estimate of drug-likeness (QED) is 0.609. The Balaban J connectivity index is 1.53. The van der Waals surface area contributed by atoms with Gasteiger partial charge in [-0.25, -0.2) is 8.42 Å². The molecular formula is C24H24N2O5S. The van der Waals surface area contributed by atoms with Crippen molar-refractivity contribution >= 4 is 27.3 Å². The highest BCUT2D eigenvalue weighted by molar-refractivity contribution is 7.92. The number of amides is 1. The van der Waals surface area contributed by atoms with Crippen LogP contribution in [0.1, 0.15) is 22.3 Å². The van der Waals surface area contributed by atoms with Crippen molar-refractivity contribution in [1.29, 1.82) is 0 Å². The van der Waals surface area contributed by atoms with Gasteiger partial charge in [-0.15, -0.1) is 0 Å². The van der Waals surface area contributed by atoms with E-state index in [2.05, 4.69) is 5.32 Å². The van der Waals surface area contributed by atoms with Gasteiger partial charge in [-0.1, -0.05) is 18.2 Å². The monoisotopic (exact) mass is 452 g/mol. The van der Waals surface area contributed by atoms with Crippen molar-refractivity contribution in [3.63, 3.8) is 0 Å². The van der Waals surface area contributed by atoms with Gasteiger partial charge in [0, 0.05) is 17.8 Å². The lowest BCUT2D eigenvalue weighted by atomic mass is 10.0. The number of ether oxygens (including phenoxy) is 2. The predicted molar refractivity (Wildman–Crippen MR) is 123 cm³/mol. The lowest BCUT2D eigenvalue weighted by molar-refractivity contribution is 0.102. The fourth-order valence-electron chi connectivity index (χ4n) is 3.77. The van der Waals surface area contributed by atoms with E-state index in [0.717, 1.165) is 24.1 Å². The molecule has 0 atom stereocenters. The molecule has 32 heavy (non-hydrogen) atoms. The molecule has 0 fully saturated rings. The first-order valence-electron chi connectivity index (χ1n) is 10.2. The number of methoxy groups -OCH3 is 2. The van der Waals surface area contributed by atoms with Crippen molar-refractivity contribution < 1.29 is 22.7 Å². The molecule has 1 amide bonds. The normalized spacial score (nSPS) is 13.2. The molecule has 4 rings (SSSR count). The Morgan fingerprint density at radius 3 is 2.38 bits per heavy atom. The standard InChI is InChI=1S/C24H24N2O5S/c1-30-22-14-9-18(16-23(22)31-2)24(27)25-19-10-12-20(13-11-19)32(28,29)26-15-5-7-17-6-3-4-8-21(17)26/h3-4,6,8-14,16H,5,7,15H2,1-2H3,(H,25,27). The van der Waals surface area contributed by atoms with Gasteiger partial charge >= 0.3 is 0 Å². The number of carbonyl (C=O) groups is 1. The number of hydrogen-bond donors (Lipinski definition) is 1. The molecule has 0 saturated heterocycles. The van der Waals surface area contributed by atoms with Crippen LogP contribution in [0.25, 0.3) is 0 Å². The molecular weight excluding hydrogens is 428 g/mol. The van der Waals surface area contributed by atoms with Gasteiger partial charge in [0.05, 0.1) is 24.8 Å². The largest absolute Gasteiger partial charge is 0.493 e. The van der Waals surface area contributed by atoms with Crippen LogP contribution in [0.4, 0.5) is 11.4 Å². The van der Waals surface area contributed by atoms with E-state index in [-0.39, 0.29) is 10.8 Å². The second-order valence-electron chi connectivity index (χ2n) is 7.36. The van der Waals surface area contributed by atoms with Gasteiger partial charge in [-0.3, -0.25) is 9.10 Å². The summed E-state index contributed by atoms with van der Waals surface area (Å²) in [5, 5.41) is 2.78. The SMILES string of the molecule is COc1ccc(C(=O)Nc2ccc(S(=O)(=O)N3CCCc4ccccc43)cc2)cc1OC. The summed E-state index contributed by atoms with van der Waals surface area (Å²) in [6.45, 7) is 0.442. The minimum atomic E-state index is -3.70. The number of sulfonamides is 1. The molecule has 0 unspecified atom stereocenters. The molecule has 3 aromatic carbocycles. The molecule has 0 aliphatic carbocycles. The van der Waals surface area contributed by atoms with Crippen LogP contribution in [0.3, 0.4) is 0 Å². The third kappa shape index (κ3) is 4.13. The zero-order chi connectivity index (χ0) is 22.7. The number of anilines is 2. The lowest BCUT2D eigenvalue weighted by Crippen LogP contribution is -2.35. The molecule has 8 heteroatoms. The van der Waals surface area contributed by atoms with E-state index >= 15 is 0 Å². The Kier molecular flexibility index (Phi) is 6.05. The number of para-hydroxylation sites is 1. The molecule has 166 valence electrons. The summed E-state index contributed by atoms with van der Waals surface area (Å²) in [7, 11) is -0.676. The van der Waals surface area contributed by atoms with E-state index in [9.17, 15) is 13.2 Å². The minimum Gasteiger partial charge on any atom is -0.493 e. The average Bonchev–Trinajstić information content (AvgIpc) is 2.83. The molecule has 1 aliphatic heterocycles. The molecule has 0 radical (unpaired) electrons. The molecule has 1 N–H and O–H groups in total. The number of carbonyl (C=O) groups excluding carboxylic acids is 1. The summed E-state index contributed by atoms with van der Waals surface area (Å²) in [6.07, 6.45) is 1.64. The van der Waals surface area contributed by atoms with Crippen LogP contribution in [0.15, 0.2) is 71.6 Å². The number of fused-ring (bicyclic) bond motifs is 1. The Bertz CT molecular complexity index is 1240. The second-order valence-corrected chi connectivity index (χ2v) is 9.22. The summed E-state index contributed by atoms with van der Waals surface area (Å²) in [5.74, 6) is 0.632. The fraction of sp³-hybridized carbons (Fsp3) is 0.208. The maximum atomic E-state index is 13.2. The Morgan fingerprint density at radius 1 is 0.938 bits per heavy atom. The first-order chi connectivity index (χ1) is 15.4. The van der Waals surface area contributed by atoms with Crippen LogP contribution in [-0.2, 0) is 16.4 Å². The van der Waals surface area contributed by atoms with Gasteiger partial charge in [0.1, 0.15) is 0 Å². The summed E-state index contributed by atoms with van der Waals surface area (Å²) in [6, 6.07) is 18.6. The second kappa shape index (κ2) is 8.92.